The van der Waals surface area contributed by atoms with Crippen molar-refractivity contribution in [3.63, 3.8) is 0 Å². The number of anilines is 2. The minimum absolute atomic E-state index is 0.157. The van der Waals surface area contributed by atoms with Gasteiger partial charge in [0.25, 0.3) is 0 Å². The third-order valence-electron chi connectivity index (χ3n) is 3.48. The maximum absolute atomic E-state index is 11.7. The largest absolute Gasteiger partial charge is 0.399 e. The van der Waals surface area contributed by atoms with E-state index in [2.05, 4.69) is 17.6 Å². The molecule has 2 rings (SSSR count). The normalized spacial score (nSPS) is 16.3. The molecule has 0 atom stereocenters. The van der Waals surface area contributed by atoms with Gasteiger partial charge in [0.15, 0.2) is 0 Å². The average Bonchev–Trinajstić information content (AvgIpc) is 3.07. The molecular weight excluding hydrogens is 214 g/mol. The molecule has 1 aromatic carbocycles. The molecule has 0 saturated heterocycles. The number of carbonyl (C=O) groups is 1. The molecule has 4 N–H and O–H groups in total. The number of amides is 2. The average molecular weight is 233 g/mol. The molecule has 4 nitrogen and oxygen atoms in total. The Morgan fingerprint density at radius 3 is 2.82 bits per heavy atom. The maximum Gasteiger partial charge on any atom is 0.319 e. The highest BCUT2D eigenvalue weighted by atomic mass is 16.2. The summed E-state index contributed by atoms with van der Waals surface area (Å²) in [5, 5.41) is 5.69. The highest BCUT2D eigenvalue weighted by Gasteiger charge is 2.40. The third-order valence-corrected chi connectivity index (χ3v) is 3.48. The number of urea groups is 1. The first kappa shape index (κ1) is 11.8. The number of nitrogens with two attached hydrogens (primary N) is 1. The van der Waals surface area contributed by atoms with Crippen molar-refractivity contribution in [1.29, 1.82) is 0 Å². The van der Waals surface area contributed by atoms with Crippen LogP contribution >= 0.6 is 0 Å². The van der Waals surface area contributed by atoms with Gasteiger partial charge in [-0.3, -0.25) is 0 Å². The van der Waals surface area contributed by atoms with E-state index >= 15 is 0 Å². The van der Waals surface area contributed by atoms with Gasteiger partial charge in [-0.2, -0.15) is 0 Å². The lowest BCUT2D eigenvalue weighted by atomic mass is 10.0. The first-order valence-corrected chi connectivity index (χ1v) is 6.04. The number of benzene rings is 1. The Balaban J connectivity index is 1.81. The van der Waals surface area contributed by atoms with Crippen molar-refractivity contribution >= 4 is 17.4 Å². The molecule has 0 unspecified atom stereocenters. The molecule has 1 fully saturated rings. The maximum atomic E-state index is 11.7. The van der Waals surface area contributed by atoms with E-state index in [1.54, 1.807) is 12.1 Å². The van der Waals surface area contributed by atoms with Gasteiger partial charge in [0.2, 0.25) is 0 Å². The lowest BCUT2D eigenvalue weighted by molar-refractivity contribution is 0.249. The van der Waals surface area contributed by atoms with E-state index in [9.17, 15) is 4.79 Å². The topological polar surface area (TPSA) is 67.2 Å². The molecule has 92 valence electrons. The van der Waals surface area contributed by atoms with Crippen LogP contribution in [0.3, 0.4) is 0 Å². The van der Waals surface area contributed by atoms with Gasteiger partial charge < -0.3 is 16.4 Å². The zero-order valence-corrected chi connectivity index (χ0v) is 10.1. The van der Waals surface area contributed by atoms with Gasteiger partial charge in [-0.25, -0.2) is 4.79 Å². The number of carbonyl (C=O) groups excluding carboxylic acids is 1. The fourth-order valence-corrected chi connectivity index (χ4v) is 1.89. The predicted octanol–water partition coefficient (Wildman–Crippen LogP) is 2.58. The Labute approximate surface area is 102 Å². The van der Waals surface area contributed by atoms with Gasteiger partial charge in [-0.05, 0) is 42.9 Å². The molecule has 4 heteroatoms. The molecule has 2 amide bonds. The summed E-state index contributed by atoms with van der Waals surface area (Å²) in [6.07, 6.45) is 3.58. The van der Waals surface area contributed by atoms with E-state index in [0.717, 1.165) is 18.7 Å². The first-order chi connectivity index (χ1) is 8.13. The monoisotopic (exact) mass is 233 g/mol. The van der Waals surface area contributed by atoms with Gasteiger partial charge in [-0.15, -0.1) is 0 Å². The highest BCUT2D eigenvalue weighted by Crippen LogP contribution is 2.47. The van der Waals surface area contributed by atoms with Crippen LogP contribution in [0.5, 0.6) is 0 Å². The van der Waals surface area contributed by atoms with Crippen LogP contribution in [-0.2, 0) is 0 Å². The first-order valence-electron chi connectivity index (χ1n) is 6.04. The van der Waals surface area contributed by atoms with Crippen LogP contribution in [0, 0.1) is 5.41 Å². The summed E-state index contributed by atoms with van der Waals surface area (Å²) in [4.78, 5) is 11.7. The molecule has 0 radical (unpaired) electrons. The second-order valence-electron chi connectivity index (χ2n) is 4.79. The van der Waals surface area contributed by atoms with Crippen molar-refractivity contribution < 1.29 is 4.79 Å². The van der Waals surface area contributed by atoms with E-state index in [-0.39, 0.29) is 6.03 Å². The Morgan fingerprint density at radius 1 is 1.47 bits per heavy atom. The fourth-order valence-electron chi connectivity index (χ4n) is 1.89. The molecular formula is C13H19N3O. The van der Waals surface area contributed by atoms with E-state index < -0.39 is 0 Å². The molecule has 1 aromatic rings. The number of rotatable bonds is 4. The second-order valence-corrected chi connectivity index (χ2v) is 4.79. The summed E-state index contributed by atoms with van der Waals surface area (Å²) in [5.41, 5.74) is 7.38. The van der Waals surface area contributed by atoms with Crippen molar-refractivity contribution in [2.24, 2.45) is 5.41 Å². The van der Waals surface area contributed by atoms with Gasteiger partial charge in [0.05, 0.1) is 0 Å². The summed E-state index contributed by atoms with van der Waals surface area (Å²) in [6, 6.07) is 7.02. The molecule has 0 heterocycles. The molecule has 0 aromatic heterocycles. The molecule has 1 aliphatic rings. The Morgan fingerprint density at radius 2 is 2.24 bits per heavy atom. The van der Waals surface area contributed by atoms with E-state index in [4.69, 9.17) is 5.73 Å². The van der Waals surface area contributed by atoms with Crippen LogP contribution in [0.1, 0.15) is 26.2 Å². The Bertz CT molecular complexity index is 413. The van der Waals surface area contributed by atoms with Crippen LogP contribution in [-0.4, -0.2) is 12.6 Å². The van der Waals surface area contributed by atoms with Crippen molar-refractivity contribution in [3.05, 3.63) is 24.3 Å². The van der Waals surface area contributed by atoms with Gasteiger partial charge >= 0.3 is 6.03 Å². The van der Waals surface area contributed by atoms with Crippen LogP contribution < -0.4 is 16.4 Å². The fraction of sp³-hybridized carbons (Fsp3) is 0.462. The van der Waals surface area contributed by atoms with Crippen molar-refractivity contribution in [3.8, 4) is 0 Å². The van der Waals surface area contributed by atoms with Gasteiger partial charge in [-0.1, -0.05) is 13.0 Å². The zero-order chi connectivity index (χ0) is 12.3. The van der Waals surface area contributed by atoms with Crippen LogP contribution in [0.25, 0.3) is 0 Å². The SMILES string of the molecule is CCC1(CNC(=O)Nc2cccc(N)c2)CC1. The smallest absolute Gasteiger partial charge is 0.319 e. The summed E-state index contributed by atoms with van der Waals surface area (Å²) < 4.78 is 0. The summed E-state index contributed by atoms with van der Waals surface area (Å²) in [6.45, 7) is 2.93. The highest BCUT2D eigenvalue weighted by molar-refractivity contribution is 5.89. The van der Waals surface area contributed by atoms with Crippen molar-refractivity contribution in [1.82, 2.24) is 5.32 Å². The lowest BCUT2D eigenvalue weighted by Crippen LogP contribution is -2.33. The minimum atomic E-state index is -0.157. The summed E-state index contributed by atoms with van der Waals surface area (Å²) in [7, 11) is 0. The third kappa shape index (κ3) is 3.12. The molecule has 1 aliphatic carbocycles. The number of hydrogen-bond acceptors (Lipinski definition) is 2. The zero-order valence-electron chi connectivity index (χ0n) is 10.1. The van der Waals surface area contributed by atoms with E-state index in [1.165, 1.54) is 12.8 Å². The lowest BCUT2D eigenvalue weighted by Gasteiger charge is -2.14. The van der Waals surface area contributed by atoms with Crippen LogP contribution in [0.4, 0.5) is 16.2 Å². The molecule has 17 heavy (non-hydrogen) atoms. The van der Waals surface area contributed by atoms with Crippen LogP contribution in [0.2, 0.25) is 0 Å². The number of hydrogen-bond donors (Lipinski definition) is 3. The van der Waals surface area contributed by atoms with Crippen molar-refractivity contribution in [2.75, 3.05) is 17.6 Å². The quantitative estimate of drug-likeness (QED) is 0.700. The number of nitrogens with one attached hydrogen (secondary N) is 2. The minimum Gasteiger partial charge on any atom is -0.399 e. The molecule has 0 bridgehead atoms. The van der Waals surface area contributed by atoms with Gasteiger partial charge in [0.1, 0.15) is 0 Å². The second kappa shape index (κ2) is 4.65. The summed E-state index contributed by atoms with van der Waals surface area (Å²) >= 11 is 0. The number of nitrogen functional groups attached to an aromatic ring is 1. The van der Waals surface area contributed by atoms with Gasteiger partial charge in [0, 0.05) is 17.9 Å². The standard InChI is InChI=1S/C13H19N3O/c1-2-13(6-7-13)9-15-12(17)16-11-5-3-4-10(14)8-11/h3-5,8H,2,6-7,9,14H2,1H3,(H2,15,16,17). The summed E-state index contributed by atoms with van der Waals surface area (Å²) in [5.74, 6) is 0. The predicted molar refractivity (Wildman–Crippen MR) is 69.8 cm³/mol. The molecule has 1 saturated carbocycles. The molecule has 0 aliphatic heterocycles. The van der Waals surface area contributed by atoms with Crippen molar-refractivity contribution in [2.45, 2.75) is 26.2 Å². The Hall–Kier alpha value is -1.71. The van der Waals surface area contributed by atoms with Crippen LogP contribution in [0.15, 0.2) is 24.3 Å². The van der Waals surface area contributed by atoms with E-state index in [1.807, 2.05) is 12.1 Å². The molecule has 0 spiro atoms. The van der Waals surface area contributed by atoms with E-state index in [0.29, 0.717) is 11.1 Å². The Kier molecular flexibility index (Phi) is 3.22.